The molecule has 6 heteroatoms. The van der Waals surface area contributed by atoms with Gasteiger partial charge in [-0.05, 0) is 24.6 Å². The zero-order valence-electron chi connectivity index (χ0n) is 9.39. The van der Waals surface area contributed by atoms with Crippen molar-refractivity contribution in [3.8, 4) is 0 Å². The number of aromatic nitrogens is 2. The zero-order valence-corrected chi connectivity index (χ0v) is 11.7. The Morgan fingerprint density at radius 1 is 1.18 bits per heavy atom. The molecule has 3 nitrogen and oxygen atoms in total. The molecule has 1 heterocycles. The van der Waals surface area contributed by atoms with Gasteiger partial charge < -0.3 is 4.90 Å². The summed E-state index contributed by atoms with van der Waals surface area (Å²) >= 11 is 12.9. The average Bonchev–Trinajstić information content (AvgIpc) is 2.74. The molecule has 1 aromatic heterocycles. The van der Waals surface area contributed by atoms with Crippen LogP contribution < -0.4 is 4.90 Å². The summed E-state index contributed by atoms with van der Waals surface area (Å²) in [5, 5.41) is 1.18. The summed E-state index contributed by atoms with van der Waals surface area (Å²) in [6, 6.07) is 7.91. The monoisotopic (exact) mass is 287 g/mol. The van der Waals surface area contributed by atoms with Crippen molar-refractivity contribution < 1.29 is 0 Å². The van der Waals surface area contributed by atoms with E-state index in [9.17, 15) is 0 Å². The van der Waals surface area contributed by atoms with Crippen LogP contribution in [0, 0.1) is 0 Å². The lowest BCUT2D eigenvalue weighted by atomic mass is 10.1. The van der Waals surface area contributed by atoms with E-state index < -0.39 is 0 Å². The molecule has 1 unspecified atom stereocenters. The summed E-state index contributed by atoms with van der Waals surface area (Å²) in [4.78, 5) is 2.00. The molecule has 17 heavy (non-hydrogen) atoms. The van der Waals surface area contributed by atoms with Crippen molar-refractivity contribution in [3.05, 3.63) is 40.0 Å². The molecule has 0 N–H and O–H groups in total. The first-order valence-electron chi connectivity index (χ1n) is 5.06. The molecule has 1 atom stereocenters. The Balaban J connectivity index is 2.23. The van der Waals surface area contributed by atoms with Crippen LogP contribution in [-0.2, 0) is 0 Å². The van der Waals surface area contributed by atoms with Crippen LogP contribution >= 0.6 is 34.9 Å². The maximum atomic E-state index is 5.97. The first-order chi connectivity index (χ1) is 8.09. The minimum absolute atomic E-state index is 0.161. The Morgan fingerprint density at radius 3 is 2.35 bits per heavy atom. The van der Waals surface area contributed by atoms with E-state index >= 15 is 0 Å². The molecular weight excluding hydrogens is 277 g/mol. The van der Waals surface area contributed by atoms with Crippen molar-refractivity contribution in [2.24, 2.45) is 0 Å². The van der Waals surface area contributed by atoms with Gasteiger partial charge in [0.05, 0.1) is 17.8 Å². The topological polar surface area (TPSA) is 29.0 Å². The summed E-state index contributed by atoms with van der Waals surface area (Å²) < 4.78 is 8.14. The predicted octanol–water partition coefficient (Wildman–Crippen LogP) is 4.04. The zero-order chi connectivity index (χ0) is 12.4. The minimum atomic E-state index is 0.161. The number of hydrogen-bond donors (Lipinski definition) is 0. The fraction of sp³-hybridized carbons (Fsp3) is 0.273. The Morgan fingerprint density at radius 2 is 1.82 bits per heavy atom. The molecule has 0 aliphatic heterocycles. The molecule has 0 saturated carbocycles. The smallest absolute Gasteiger partial charge is 0.187 e. The number of rotatable bonds is 3. The van der Waals surface area contributed by atoms with E-state index in [0.29, 0.717) is 11.0 Å². The largest absolute Gasteiger partial charge is 0.349 e. The van der Waals surface area contributed by atoms with E-state index in [4.69, 9.17) is 23.2 Å². The molecule has 0 aliphatic rings. The number of benzene rings is 1. The van der Waals surface area contributed by atoms with E-state index in [1.807, 2.05) is 36.2 Å². The van der Waals surface area contributed by atoms with Crippen molar-refractivity contribution in [3.63, 3.8) is 0 Å². The molecule has 2 rings (SSSR count). The number of nitrogens with zero attached hydrogens (tertiary/aromatic N) is 3. The van der Waals surface area contributed by atoms with Crippen LogP contribution in [-0.4, -0.2) is 15.8 Å². The van der Waals surface area contributed by atoms with Crippen LogP contribution in [0.1, 0.15) is 18.5 Å². The maximum absolute atomic E-state index is 5.97. The van der Waals surface area contributed by atoms with Gasteiger partial charge in [0.1, 0.15) is 0 Å². The van der Waals surface area contributed by atoms with Crippen LogP contribution in [0.2, 0.25) is 10.2 Å². The van der Waals surface area contributed by atoms with Crippen LogP contribution in [0.4, 0.5) is 5.82 Å². The predicted molar refractivity (Wildman–Crippen MR) is 73.2 cm³/mol. The molecular formula is C11H11Cl2N3S. The van der Waals surface area contributed by atoms with E-state index in [0.717, 1.165) is 22.3 Å². The second-order valence-electron chi connectivity index (χ2n) is 3.72. The quantitative estimate of drug-likeness (QED) is 0.853. The number of anilines is 1. The highest BCUT2D eigenvalue weighted by Gasteiger charge is 2.17. The van der Waals surface area contributed by atoms with Gasteiger partial charge >= 0.3 is 0 Å². The summed E-state index contributed by atoms with van der Waals surface area (Å²) in [6.45, 7) is 2.08. The molecule has 0 amide bonds. The van der Waals surface area contributed by atoms with Crippen molar-refractivity contribution in [1.82, 2.24) is 8.75 Å². The Labute approximate surface area is 114 Å². The van der Waals surface area contributed by atoms with Crippen molar-refractivity contribution in [2.75, 3.05) is 11.9 Å². The normalized spacial score (nSPS) is 12.5. The maximum Gasteiger partial charge on any atom is 0.187 e. The van der Waals surface area contributed by atoms with Gasteiger partial charge in [-0.2, -0.15) is 8.75 Å². The third kappa shape index (κ3) is 2.70. The van der Waals surface area contributed by atoms with Gasteiger partial charge in [0.25, 0.3) is 0 Å². The Kier molecular flexibility index (Phi) is 3.86. The molecule has 2 aromatic rings. The highest BCUT2D eigenvalue weighted by molar-refractivity contribution is 6.99. The Hall–Kier alpha value is -0.840. The van der Waals surface area contributed by atoms with E-state index in [-0.39, 0.29) is 6.04 Å². The molecule has 0 bridgehead atoms. The second-order valence-corrected chi connectivity index (χ2v) is 5.04. The van der Waals surface area contributed by atoms with Gasteiger partial charge in [-0.3, -0.25) is 0 Å². The molecule has 0 saturated heterocycles. The standard InChI is InChI=1S/C11H11Cl2N3S/c1-7(8-3-5-9(12)6-4-8)16(2)11-10(13)14-17-15-11/h3-7H,1-2H3. The first-order valence-corrected chi connectivity index (χ1v) is 6.54. The molecule has 0 aliphatic carbocycles. The van der Waals surface area contributed by atoms with Gasteiger partial charge in [0.15, 0.2) is 11.0 Å². The molecule has 90 valence electrons. The molecule has 0 fully saturated rings. The van der Waals surface area contributed by atoms with Crippen molar-refractivity contribution >= 4 is 40.7 Å². The summed E-state index contributed by atoms with van der Waals surface area (Å²) in [6.07, 6.45) is 0. The van der Waals surface area contributed by atoms with Gasteiger partial charge in [0, 0.05) is 12.1 Å². The second kappa shape index (κ2) is 5.21. The highest BCUT2D eigenvalue weighted by Crippen LogP contribution is 2.29. The van der Waals surface area contributed by atoms with E-state index in [2.05, 4.69) is 15.7 Å². The van der Waals surface area contributed by atoms with Crippen LogP contribution in [0.5, 0.6) is 0 Å². The summed E-state index contributed by atoms with van der Waals surface area (Å²) in [5.74, 6) is 0.708. The number of halogens is 2. The fourth-order valence-corrected chi connectivity index (χ4v) is 2.46. The highest BCUT2D eigenvalue weighted by atomic mass is 35.5. The lowest BCUT2D eigenvalue weighted by Gasteiger charge is -2.25. The van der Waals surface area contributed by atoms with E-state index in [1.54, 1.807) is 0 Å². The van der Waals surface area contributed by atoms with Crippen LogP contribution in [0.3, 0.4) is 0 Å². The van der Waals surface area contributed by atoms with Gasteiger partial charge in [-0.15, -0.1) is 0 Å². The molecule has 0 radical (unpaired) electrons. The Bertz CT molecular complexity index is 498. The van der Waals surface area contributed by atoms with Crippen LogP contribution in [0.15, 0.2) is 24.3 Å². The molecule has 0 spiro atoms. The third-order valence-corrected chi connectivity index (χ3v) is 3.82. The minimum Gasteiger partial charge on any atom is -0.349 e. The van der Waals surface area contributed by atoms with Gasteiger partial charge in [0.2, 0.25) is 0 Å². The fourth-order valence-electron chi connectivity index (χ4n) is 1.53. The first kappa shape index (κ1) is 12.6. The van der Waals surface area contributed by atoms with E-state index in [1.165, 1.54) is 0 Å². The van der Waals surface area contributed by atoms with Gasteiger partial charge in [-0.25, -0.2) is 0 Å². The molecule has 1 aromatic carbocycles. The van der Waals surface area contributed by atoms with Crippen molar-refractivity contribution in [2.45, 2.75) is 13.0 Å². The summed E-state index contributed by atoms with van der Waals surface area (Å²) in [7, 11) is 1.95. The lowest BCUT2D eigenvalue weighted by molar-refractivity contribution is 0.732. The average molecular weight is 288 g/mol. The summed E-state index contributed by atoms with van der Waals surface area (Å²) in [5.41, 5.74) is 1.15. The SMILES string of the molecule is CC(c1ccc(Cl)cc1)N(C)c1nsnc1Cl. The lowest BCUT2D eigenvalue weighted by Crippen LogP contribution is -2.22. The van der Waals surface area contributed by atoms with Crippen LogP contribution in [0.25, 0.3) is 0 Å². The van der Waals surface area contributed by atoms with Crippen molar-refractivity contribution in [1.29, 1.82) is 0 Å². The number of hydrogen-bond acceptors (Lipinski definition) is 4. The van der Waals surface area contributed by atoms with Gasteiger partial charge in [-0.1, -0.05) is 35.3 Å². The third-order valence-electron chi connectivity index (χ3n) is 2.70.